The van der Waals surface area contributed by atoms with Gasteiger partial charge in [0.15, 0.2) is 11.2 Å². The molecule has 0 bridgehead atoms. The number of hydrogen-bond donors (Lipinski definition) is 2. The second-order valence-corrected chi connectivity index (χ2v) is 13.8. The van der Waals surface area contributed by atoms with Crippen molar-refractivity contribution in [2.75, 3.05) is 59.1 Å². The molecule has 12 nitrogen and oxygen atoms in total. The van der Waals surface area contributed by atoms with Gasteiger partial charge >= 0.3 is 5.97 Å². The molecule has 0 amide bonds. The van der Waals surface area contributed by atoms with Gasteiger partial charge < -0.3 is 38.9 Å². The minimum absolute atomic E-state index is 0.0468. The van der Waals surface area contributed by atoms with Crippen molar-refractivity contribution >= 4 is 34.2 Å². The number of nitrogen functional groups attached to an aromatic ring is 1. The van der Waals surface area contributed by atoms with Crippen molar-refractivity contribution in [3.8, 4) is 33.9 Å². The lowest BCUT2D eigenvalue weighted by atomic mass is 9.88. The van der Waals surface area contributed by atoms with Crippen LogP contribution in [0.5, 0.6) is 11.5 Å². The molecule has 1 aliphatic heterocycles. The molecule has 12 heteroatoms. The number of benzene rings is 4. The van der Waals surface area contributed by atoms with Gasteiger partial charge in [-0.2, -0.15) is 0 Å². The van der Waals surface area contributed by atoms with Crippen molar-refractivity contribution in [1.82, 2.24) is 0 Å². The second kappa shape index (κ2) is 21.7. The Bertz CT molecular complexity index is 2160. The molecule has 3 aromatic carbocycles. The summed E-state index contributed by atoms with van der Waals surface area (Å²) in [6.07, 6.45) is 4.77. The zero-order valence-corrected chi connectivity index (χ0v) is 32.6. The number of ether oxygens (including phenoxy) is 5. The third kappa shape index (κ3) is 12.5. The fraction of sp³-hybridized carbons (Fsp3) is 0.378. The molecule has 302 valence electrons. The molecule has 0 aromatic heterocycles. The van der Waals surface area contributed by atoms with Crippen LogP contribution < -0.4 is 20.6 Å². The smallest absolute Gasteiger partial charge is 0.336 e. The van der Waals surface area contributed by atoms with Crippen molar-refractivity contribution in [2.45, 2.75) is 58.3 Å². The number of Topliss-reactive ketones (excluding diaryl/α,β-unsaturated/α-hetero) is 2. The van der Waals surface area contributed by atoms with Crippen molar-refractivity contribution in [3.05, 3.63) is 99.7 Å². The van der Waals surface area contributed by atoms with E-state index in [9.17, 15) is 24.3 Å². The van der Waals surface area contributed by atoms with Crippen LogP contribution in [0.3, 0.4) is 0 Å². The Morgan fingerprint density at radius 3 is 2.11 bits per heavy atom. The average Bonchev–Trinajstić information content (AvgIpc) is 3.19. The Morgan fingerprint density at radius 2 is 1.40 bits per heavy atom. The van der Waals surface area contributed by atoms with Crippen LogP contribution in [0.2, 0.25) is 0 Å². The zero-order valence-electron chi connectivity index (χ0n) is 32.6. The predicted octanol–water partition coefficient (Wildman–Crippen LogP) is 8.16. The van der Waals surface area contributed by atoms with E-state index in [1.165, 1.54) is 18.2 Å². The van der Waals surface area contributed by atoms with Gasteiger partial charge in [0.05, 0.1) is 51.4 Å². The minimum Gasteiger partial charge on any atom is -0.495 e. The van der Waals surface area contributed by atoms with Gasteiger partial charge in [-0.15, -0.1) is 0 Å². The Hall–Kier alpha value is -5.56. The third-order valence-corrected chi connectivity index (χ3v) is 9.44. The van der Waals surface area contributed by atoms with E-state index >= 15 is 0 Å². The Kier molecular flexibility index (Phi) is 16.2. The molecule has 2 aliphatic rings. The van der Waals surface area contributed by atoms with E-state index in [4.69, 9.17) is 33.8 Å². The predicted molar refractivity (Wildman–Crippen MR) is 218 cm³/mol. The van der Waals surface area contributed by atoms with Gasteiger partial charge in [0.1, 0.15) is 28.6 Å². The number of carboxylic acid groups (broad SMARTS) is 1. The molecule has 3 aromatic rings. The lowest BCUT2D eigenvalue weighted by Gasteiger charge is -2.17. The second-order valence-electron chi connectivity index (χ2n) is 13.8. The molecule has 5 rings (SSSR count). The summed E-state index contributed by atoms with van der Waals surface area (Å²) in [4.78, 5) is 50.0. The van der Waals surface area contributed by atoms with Gasteiger partial charge in [-0.1, -0.05) is 18.2 Å². The molecule has 0 spiro atoms. The fourth-order valence-electron chi connectivity index (χ4n) is 6.47. The number of methoxy groups -OCH3 is 1. The summed E-state index contributed by atoms with van der Waals surface area (Å²) in [5.41, 5.74) is 9.64. The van der Waals surface area contributed by atoms with Crippen LogP contribution in [-0.4, -0.2) is 76.0 Å². The van der Waals surface area contributed by atoms with Crippen molar-refractivity contribution < 1.29 is 47.6 Å². The number of nitrogens with two attached hydrogens (primary N) is 1. The number of anilines is 1. The summed E-state index contributed by atoms with van der Waals surface area (Å²) in [6, 6.07) is 19.9. The van der Waals surface area contributed by atoms with Crippen LogP contribution >= 0.6 is 0 Å². The molecule has 0 unspecified atom stereocenters. The van der Waals surface area contributed by atoms with Gasteiger partial charge in [0.25, 0.3) is 0 Å². The Labute approximate surface area is 332 Å². The summed E-state index contributed by atoms with van der Waals surface area (Å²) in [5, 5.41) is 10.8. The third-order valence-electron chi connectivity index (χ3n) is 9.44. The highest BCUT2D eigenvalue weighted by molar-refractivity contribution is 6.09. The van der Waals surface area contributed by atoms with E-state index in [-0.39, 0.29) is 29.0 Å². The lowest BCUT2D eigenvalue weighted by Crippen LogP contribution is -2.10. The molecule has 1 heterocycles. The molecule has 0 atom stereocenters. The first-order valence-corrected chi connectivity index (χ1v) is 19.3. The van der Waals surface area contributed by atoms with Crippen LogP contribution in [-0.2, 0) is 19.0 Å². The van der Waals surface area contributed by atoms with Crippen molar-refractivity contribution in [3.63, 3.8) is 0 Å². The zero-order chi connectivity index (χ0) is 40.6. The molecule has 0 saturated heterocycles. The van der Waals surface area contributed by atoms with E-state index in [0.717, 1.165) is 18.4 Å². The molecular formula is C45H51NO11. The Balaban J connectivity index is 0.932. The largest absolute Gasteiger partial charge is 0.495 e. The number of fused-ring (bicyclic) bond motifs is 2. The summed E-state index contributed by atoms with van der Waals surface area (Å²) >= 11 is 0. The highest BCUT2D eigenvalue weighted by Crippen LogP contribution is 2.42. The Morgan fingerprint density at radius 1 is 0.702 bits per heavy atom. The molecule has 0 saturated carbocycles. The summed E-state index contributed by atoms with van der Waals surface area (Å²) < 4.78 is 33.7. The quantitative estimate of drug-likeness (QED) is 0.0252. The van der Waals surface area contributed by atoms with Crippen LogP contribution in [0.15, 0.2) is 82.0 Å². The number of rotatable bonds is 25. The van der Waals surface area contributed by atoms with Crippen molar-refractivity contribution in [2.24, 2.45) is 0 Å². The fourth-order valence-corrected chi connectivity index (χ4v) is 6.47. The molecule has 1 aliphatic carbocycles. The first-order valence-electron chi connectivity index (χ1n) is 19.3. The maximum atomic E-state index is 13.3. The number of aryl methyl sites for hydroxylation is 1. The first kappa shape index (κ1) is 42.6. The lowest BCUT2D eigenvalue weighted by molar-refractivity contribution is -0.119. The van der Waals surface area contributed by atoms with E-state index in [1.54, 1.807) is 43.5 Å². The minimum atomic E-state index is -1.12. The SMILES string of the molecule is COc1ccc(OCCCC(=O)CCCCOCCOCCOCCCCC(=O)c2ccc(C(=O)O)c(-c3c4ccc(=O)cc-4oc4cc(C)ccc34)c2)cc1N. The monoisotopic (exact) mass is 781 g/mol. The molecular weight excluding hydrogens is 730 g/mol. The van der Waals surface area contributed by atoms with Crippen LogP contribution in [0.4, 0.5) is 5.69 Å². The van der Waals surface area contributed by atoms with Gasteiger partial charge in [-0.25, -0.2) is 4.79 Å². The van der Waals surface area contributed by atoms with Crippen LogP contribution in [0.1, 0.15) is 77.6 Å². The molecule has 3 N–H and O–H groups in total. The number of unbranched alkanes of at least 4 members (excludes halogenated alkanes) is 2. The summed E-state index contributed by atoms with van der Waals surface area (Å²) in [5.74, 6) is 0.577. The molecule has 0 fully saturated rings. The maximum absolute atomic E-state index is 13.3. The number of carbonyl (C=O) groups excluding carboxylic acids is 2. The number of carbonyl (C=O) groups is 3. The number of carboxylic acids is 1. The topological polar surface area (TPSA) is 174 Å². The first-order chi connectivity index (χ1) is 27.6. The van der Waals surface area contributed by atoms with Gasteiger partial charge in [-0.05, 0) is 92.6 Å². The van der Waals surface area contributed by atoms with Gasteiger partial charge in [0, 0.05) is 66.7 Å². The highest BCUT2D eigenvalue weighted by Gasteiger charge is 2.23. The van der Waals surface area contributed by atoms with Gasteiger partial charge in [0.2, 0.25) is 0 Å². The average molecular weight is 782 g/mol. The van der Waals surface area contributed by atoms with Gasteiger partial charge in [-0.3, -0.25) is 14.4 Å². The normalized spacial score (nSPS) is 11.3. The standard InChI is InChI=1S/C45H51NO11/c1-30-11-15-36-42(26-30)57-43-28-33(48)13-17-37(43)44(36)38-27-31(12-16-35(38)45(50)51)40(49)10-4-6-20-54-23-25-55-24-22-53-19-5-3-8-32(47)9-7-21-56-34-14-18-41(52-2)39(46)29-34/h11-18,26-29H,3-10,19-25,46H2,1-2H3,(H,50,51). The molecule has 0 radical (unpaired) electrons. The van der Waals surface area contributed by atoms with E-state index < -0.39 is 5.97 Å². The van der Waals surface area contributed by atoms with Crippen molar-refractivity contribution in [1.29, 1.82) is 0 Å². The van der Waals surface area contributed by atoms with Crippen LogP contribution in [0.25, 0.3) is 33.4 Å². The number of ketones is 2. The van der Waals surface area contributed by atoms with Crippen LogP contribution in [0, 0.1) is 6.92 Å². The van der Waals surface area contributed by atoms with E-state index in [2.05, 4.69) is 0 Å². The number of aromatic carboxylic acids is 1. The van der Waals surface area contributed by atoms with E-state index in [0.29, 0.717) is 135 Å². The summed E-state index contributed by atoms with van der Waals surface area (Å²) in [6.45, 7) is 5.17. The maximum Gasteiger partial charge on any atom is 0.336 e. The van der Waals surface area contributed by atoms with E-state index in [1.807, 2.05) is 25.1 Å². The molecule has 57 heavy (non-hydrogen) atoms. The summed E-state index contributed by atoms with van der Waals surface area (Å²) in [7, 11) is 1.56. The number of hydrogen-bond acceptors (Lipinski definition) is 11. The highest BCUT2D eigenvalue weighted by atomic mass is 16.5.